The molecule has 442 valence electrons. The van der Waals surface area contributed by atoms with Crippen molar-refractivity contribution in [3.05, 3.63) is 122 Å². The molecule has 78 heavy (non-hydrogen) atoms. The smallest absolute Gasteiger partial charge is 0.220 e. The summed E-state index contributed by atoms with van der Waals surface area (Å²) in [4.78, 5) is 13.1. The lowest BCUT2D eigenvalue weighted by Gasteiger charge is -2.48. The molecule has 0 aromatic heterocycles. The van der Waals surface area contributed by atoms with Gasteiger partial charge >= 0.3 is 0 Å². The van der Waals surface area contributed by atoms with Crippen LogP contribution in [0.3, 0.4) is 0 Å². The Hall–Kier alpha value is -3.81. The zero-order chi connectivity index (χ0) is 56.9. The molecule has 0 aromatic carbocycles. The summed E-state index contributed by atoms with van der Waals surface area (Å²) in [5.74, 6) is -0.351. The molecule has 0 aromatic rings. The molecule has 3 heterocycles. The molecule has 1 amide bonds. The highest BCUT2D eigenvalue weighted by Crippen LogP contribution is 2.33. The number of hydrogen-bond acceptors (Lipinski definition) is 18. The highest BCUT2D eigenvalue weighted by Gasteiger charge is 2.53. The number of aliphatic hydroxyl groups is 11. The van der Waals surface area contributed by atoms with Gasteiger partial charge in [0.25, 0.3) is 0 Å². The molecule has 3 saturated heterocycles. The van der Waals surface area contributed by atoms with Crippen LogP contribution < -0.4 is 5.32 Å². The maximum absolute atomic E-state index is 13.1. The molecule has 3 aliphatic rings. The average Bonchev–Trinajstić information content (AvgIpc) is 3.48. The summed E-state index contributed by atoms with van der Waals surface area (Å²) in [6.45, 7) is 1.33. The maximum Gasteiger partial charge on any atom is 0.220 e. The largest absolute Gasteiger partial charge is 0.394 e. The molecule has 17 atom stereocenters. The third kappa shape index (κ3) is 25.3. The molecule has 3 fully saturated rings. The van der Waals surface area contributed by atoms with Crippen molar-refractivity contribution in [1.82, 2.24) is 5.32 Å². The van der Waals surface area contributed by atoms with Gasteiger partial charge in [-0.05, 0) is 77.0 Å². The van der Waals surface area contributed by atoms with Crippen molar-refractivity contribution in [2.45, 2.75) is 214 Å². The quantitative estimate of drug-likeness (QED) is 0.0311. The number of hydrogen-bond donors (Lipinski definition) is 12. The number of carbonyl (C=O) groups is 1. The van der Waals surface area contributed by atoms with Gasteiger partial charge in [0.2, 0.25) is 5.91 Å². The second kappa shape index (κ2) is 41.2. The summed E-state index contributed by atoms with van der Waals surface area (Å²) in [5.41, 5.74) is 0. The molecule has 3 rings (SSSR count). The van der Waals surface area contributed by atoms with Gasteiger partial charge in [0, 0.05) is 6.42 Å². The Morgan fingerprint density at radius 2 is 0.859 bits per heavy atom. The van der Waals surface area contributed by atoms with Gasteiger partial charge in [-0.25, -0.2) is 0 Å². The topological polar surface area (TPSA) is 307 Å². The Morgan fingerprint density at radius 1 is 0.474 bits per heavy atom. The van der Waals surface area contributed by atoms with E-state index in [-0.39, 0.29) is 12.3 Å². The maximum atomic E-state index is 13.1. The molecule has 19 nitrogen and oxygen atoms in total. The van der Waals surface area contributed by atoms with E-state index in [2.05, 4.69) is 109 Å². The molecular formula is C59H93NO18. The van der Waals surface area contributed by atoms with Crippen molar-refractivity contribution >= 4 is 5.91 Å². The highest BCUT2D eigenvalue weighted by atomic mass is 16.8. The number of amides is 1. The third-order valence-corrected chi connectivity index (χ3v) is 13.0. The molecule has 12 N–H and O–H groups in total. The van der Waals surface area contributed by atoms with Crippen LogP contribution in [0, 0.1) is 0 Å². The summed E-state index contributed by atoms with van der Waals surface area (Å²) in [6, 6.07) is -1.01. The summed E-state index contributed by atoms with van der Waals surface area (Å²) in [7, 11) is 0. The molecule has 3 aliphatic heterocycles. The van der Waals surface area contributed by atoms with Crippen molar-refractivity contribution < 1.29 is 89.4 Å². The van der Waals surface area contributed by atoms with Crippen molar-refractivity contribution in [2.24, 2.45) is 0 Å². The molecule has 0 spiro atoms. The van der Waals surface area contributed by atoms with Gasteiger partial charge in [0.15, 0.2) is 18.9 Å². The summed E-state index contributed by atoms with van der Waals surface area (Å²) < 4.78 is 33.9. The van der Waals surface area contributed by atoms with Gasteiger partial charge in [-0.2, -0.15) is 0 Å². The molecule has 17 unspecified atom stereocenters. The van der Waals surface area contributed by atoms with Crippen LogP contribution in [0.4, 0.5) is 0 Å². The first-order valence-electron chi connectivity index (χ1n) is 27.8. The monoisotopic (exact) mass is 1100 g/mol. The van der Waals surface area contributed by atoms with Crippen LogP contribution in [-0.4, -0.2) is 193 Å². The van der Waals surface area contributed by atoms with Gasteiger partial charge in [-0.3, -0.25) is 4.79 Å². The second-order valence-electron chi connectivity index (χ2n) is 19.3. The number of aliphatic hydroxyl groups excluding tert-OH is 11. The molecule has 0 aliphatic carbocycles. The fourth-order valence-electron chi connectivity index (χ4n) is 8.41. The highest BCUT2D eigenvalue weighted by molar-refractivity contribution is 5.76. The molecule has 0 bridgehead atoms. The first-order valence-corrected chi connectivity index (χ1v) is 27.8. The van der Waals surface area contributed by atoms with Crippen molar-refractivity contribution in [3.8, 4) is 0 Å². The van der Waals surface area contributed by atoms with Gasteiger partial charge < -0.3 is 89.9 Å². The fraction of sp³-hybridized carbons (Fsp3) is 0.644. The molecular weight excluding hydrogens is 1010 g/mol. The number of allylic oxidation sites excluding steroid dienone is 19. The molecule has 0 radical (unpaired) electrons. The lowest BCUT2D eigenvalue weighted by atomic mass is 9.96. The Bertz CT molecular complexity index is 1890. The van der Waals surface area contributed by atoms with Gasteiger partial charge in [-0.15, -0.1) is 0 Å². The van der Waals surface area contributed by atoms with E-state index in [0.717, 1.165) is 70.6 Å². The van der Waals surface area contributed by atoms with Crippen LogP contribution in [0.15, 0.2) is 122 Å². The third-order valence-electron chi connectivity index (χ3n) is 13.0. The number of rotatable bonds is 37. The number of unbranched alkanes of at least 4 members (excludes halogenated alkanes) is 3. The predicted octanol–water partition coefficient (Wildman–Crippen LogP) is 3.75. The van der Waals surface area contributed by atoms with Gasteiger partial charge in [0.1, 0.15) is 73.2 Å². The van der Waals surface area contributed by atoms with Crippen LogP contribution >= 0.6 is 0 Å². The predicted molar refractivity (Wildman–Crippen MR) is 295 cm³/mol. The Kier molecular flexibility index (Phi) is 36.2. The minimum Gasteiger partial charge on any atom is -0.394 e. The minimum atomic E-state index is -1.99. The first kappa shape index (κ1) is 68.5. The lowest BCUT2D eigenvalue weighted by molar-refractivity contribution is -0.379. The number of carbonyl (C=O) groups excluding carboxylic acids is 1. The van der Waals surface area contributed by atoms with E-state index in [1.807, 2.05) is 19.1 Å². The van der Waals surface area contributed by atoms with E-state index in [1.54, 1.807) is 12.2 Å². The fourth-order valence-corrected chi connectivity index (χ4v) is 8.41. The Morgan fingerprint density at radius 3 is 1.29 bits per heavy atom. The Labute approximate surface area is 461 Å². The SMILES string of the molecule is CC/C=C\C/C=C\C/C=C\C/C=C\C/C=C\C/C=C\C/C=C\C/C=C\C/C=C\CCCC(=O)NC(COC1OC(CO)C(OC2OC(CO)C(OC3OC(CO)C(O)C(O)C3O)C(O)C2O)C(O)C1O)C(O)/C=C/CCCC. The second-order valence-corrected chi connectivity index (χ2v) is 19.3. The summed E-state index contributed by atoms with van der Waals surface area (Å²) in [6.07, 6.45) is 27.3. The zero-order valence-corrected chi connectivity index (χ0v) is 45.6. The normalized spacial score (nSPS) is 31.4. The average molecular weight is 1100 g/mol. The van der Waals surface area contributed by atoms with Crippen LogP contribution in [0.1, 0.15) is 110 Å². The lowest BCUT2D eigenvalue weighted by Crippen LogP contribution is -2.66. The van der Waals surface area contributed by atoms with Gasteiger partial charge in [-0.1, -0.05) is 148 Å². The van der Waals surface area contributed by atoms with E-state index in [4.69, 9.17) is 28.4 Å². The van der Waals surface area contributed by atoms with E-state index in [0.29, 0.717) is 19.3 Å². The summed E-state index contributed by atoms with van der Waals surface area (Å²) >= 11 is 0. The molecule has 19 heteroatoms. The number of ether oxygens (including phenoxy) is 6. The van der Waals surface area contributed by atoms with Crippen LogP contribution in [0.2, 0.25) is 0 Å². The van der Waals surface area contributed by atoms with E-state index in [9.17, 15) is 61.0 Å². The number of nitrogens with one attached hydrogen (secondary N) is 1. The van der Waals surface area contributed by atoms with Crippen molar-refractivity contribution in [1.29, 1.82) is 0 Å². The van der Waals surface area contributed by atoms with Crippen molar-refractivity contribution in [2.75, 3.05) is 26.4 Å². The Balaban J connectivity index is 1.40. The van der Waals surface area contributed by atoms with E-state index >= 15 is 0 Å². The van der Waals surface area contributed by atoms with Crippen LogP contribution in [-0.2, 0) is 33.2 Å². The van der Waals surface area contributed by atoms with Crippen LogP contribution in [0.5, 0.6) is 0 Å². The zero-order valence-electron chi connectivity index (χ0n) is 45.6. The standard InChI is InChI=1S/C59H93NO18/c1-3-5-7-9-10-11-12-13-14-15-16-17-18-19-20-21-22-23-24-25-26-27-28-29-30-31-32-33-35-37-47(65)60-42(43(64)36-34-8-6-4-2)41-73-57-53(71)50(68)55(45(39-62)75-57)78-59-54(72)51(69)56(46(40-63)76-59)77-58-52(70)49(67)48(66)44(38-61)74-58/h5,7,10-11,13-14,16-17,19-20,22-23,25-26,28-29,31-32,34,36,42-46,48-59,61-64,66-72H,3-4,6,8-9,12,15,18,21,24,27,30,33,35,37-41H2,1-2H3,(H,60,65)/b7-5-,11-10-,14-13-,17-16-,20-19-,23-22-,26-25-,29-28-,32-31-,36-34+. The van der Waals surface area contributed by atoms with E-state index in [1.165, 1.54) is 0 Å². The minimum absolute atomic E-state index is 0.152. The summed E-state index contributed by atoms with van der Waals surface area (Å²) in [5, 5.41) is 119. The van der Waals surface area contributed by atoms with Crippen molar-refractivity contribution in [3.63, 3.8) is 0 Å². The van der Waals surface area contributed by atoms with Crippen LogP contribution in [0.25, 0.3) is 0 Å². The molecule has 0 saturated carbocycles. The van der Waals surface area contributed by atoms with Gasteiger partial charge in [0.05, 0.1) is 38.6 Å². The first-order chi connectivity index (χ1) is 37.8. The van der Waals surface area contributed by atoms with E-state index < -0.39 is 131 Å².